The van der Waals surface area contributed by atoms with Gasteiger partial charge in [0.1, 0.15) is 5.75 Å². The average molecular weight is 352 g/mol. The van der Waals surface area contributed by atoms with E-state index in [2.05, 4.69) is 0 Å². The predicted molar refractivity (Wildman–Crippen MR) is 96.5 cm³/mol. The van der Waals surface area contributed by atoms with Crippen LogP contribution in [0.4, 0.5) is 5.69 Å². The molecule has 1 amide bonds. The Kier molecular flexibility index (Phi) is 7.69. The Balaban J connectivity index is 1.79. The van der Waals surface area contributed by atoms with E-state index in [-0.39, 0.29) is 38.5 Å². The van der Waals surface area contributed by atoms with Crippen LogP contribution in [0.25, 0.3) is 0 Å². The van der Waals surface area contributed by atoms with E-state index in [0.29, 0.717) is 11.4 Å². The predicted octanol–water partition coefficient (Wildman–Crippen LogP) is 2.95. The minimum Gasteiger partial charge on any atom is -0.493 e. The van der Waals surface area contributed by atoms with Gasteiger partial charge in [-0.3, -0.25) is 9.59 Å². The van der Waals surface area contributed by atoms with Crippen LogP contribution in [0.5, 0.6) is 5.75 Å². The third kappa shape index (κ3) is 6.29. The number of carbonyl (C=O) groups is 2. The topological polar surface area (TPSA) is 79.6 Å². The molecule has 26 heavy (non-hydrogen) atoms. The molecule has 0 aliphatic rings. The molecular weight excluding hydrogens is 332 g/mol. The van der Waals surface area contributed by atoms with E-state index in [1.165, 1.54) is 4.90 Å². The number of esters is 1. The van der Waals surface area contributed by atoms with Crippen LogP contribution >= 0.6 is 0 Å². The van der Waals surface area contributed by atoms with Gasteiger partial charge in [0.15, 0.2) is 6.61 Å². The molecule has 2 rings (SSSR count). The smallest absolute Gasteiger partial charge is 0.309 e. The van der Waals surface area contributed by atoms with Gasteiger partial charge < -0.3 is 14.4 Å². The van der Waals surface area contributed by atoms with Crippen molar-refractivity contribution in [1.82, 2.24) is 0 Å². The van der Waals surface area contributed by atoms with Gasteiger partial charge in [-0.2, -0.15) is 5.26 Å². The van der Waals surface area contributed by atoms with Crippen LogP contribution < -0.4 is 9.64 Å². The monoisotopic (exact) mass is 352 g/mol. The van der Waals surface area contributed by atoms with Gasteiger partial charge in [-0.15, -0.1) is 0 Å². The quantitative estimate of drug-likeness (QED) is 0.648. The van der Waals surface area contributed by atoms with Crippen LogP contribution in [-0.2, 0) is 14.3 Å². The summed E-state index contributed by atoms with van der Waals surface area (Å²) in [5.74, 6) is -0.213. The lowest BCUT2D eigenvalue weighted by Gasteiger charge is -2.21. The molecular formula is C20H20N2O4. The number of hydrogen-bond acceptors (Lipinski definition) is 5. The number of amides is 1. The largest absolute Gasteiger partial charge is 0.493 e. The van der Waals surface area contributed by atoms with Crippen molar-refractivity contribution in [2.75, 3.05) is 24.7 Å². The molecule has 0 saturated carbocycles. The maximum Gasteiger partial charge on any atom is 0.309 e. The second-order valence-corrected chi connectivity index (χ2v) is 5.36. The molecule has 6 heteroatoms. The zero-order chi connectivity index (χ0) is 18.6. The number of hydrogen-bond donors (Lipinski definition) is 0. The van der Waals surface area contributed by atoms with Gasteiger partial charge in [0, 0.05) is 12.2 Å². The van der Waals surface area contributed by atoms with Crippen molar-refractivity contribution in [2.45, 2.75) is 12.8 Å². The summed E-state index contributed by atoms with van der Waals surface area (Å²) in [6.45, 7) is 0.0480. The normalized spacial score (nSPS) is 9.81. The Morgan fingerprint density at radius 3 is 2.31 bits per heavy atom. The number of anilines is 1. The van der Waals surface area contributed by atoms with Crippen LogP contribution in [0.2, 0.25) is 0 Å². The number of para-hydroxylation sites is 2. The first-order chi connectivity index (χ1) is 12.7. The molecule has 0 fully saturated rings. The van der Waals surface area contributed by atoms with Crippen molar-refractivity contribution >= 4 is 17.6 Å². The fraction of sp³-hybridized carbons (Fsp3) is 0.250. The summed E-state index contributed by atoms with van der Waals surface area (Å²) < 4.78 is 10.5. The van der Waals surface area contributed by atoms with Crippen LogP contribution in [0, 0.1) is 11.3 Å². The van der Waals surface area contributed by atoms with Gasteiger partial charge in [-0.1, -0.05) is 36.4 Å². The molecule has 0 unspecified atom stereocenters. The number of carbonyl (C=O) groups excluding carboxylic acids is 2. The van der Waals surface area contributed by atoms with Crippen molar-refractivity contribution in [3.63, 3.8) is 0 Å². The lowest BCUT2D eigenvalue weighted by atomic mass is 10.2. The third-order valence-corrected chi connectivity index (χ3v) is 3.49. The Morgan fingerprint density at radius 1 is 1.00 bits per heavy atom. The molecule has 2 aromatic carbocycles. The van der Waals surface area contributed by atoms with Crippen LogP contribution in [0.15, 0.2) is 60.7 Å². The zero-order valence-electron chi connectivity index (χ0n) is 14.3. The van der Waals surface area contributed by atoms with Crippen LogP contribution in [0.3, 0.4) is 0 Å². The molecule has 0 atom stereocenters. The molecule has 0 heterocycles. The molecule has 0 aromatic heterocycles. The van der Waals surface area contributed by atoms with E-state index in [0.717, 1.165) is 0 Å². The molecule has 0 bridgehead atoms. The number of benzene rings is 2. The average Bonchev–Trinajstić information content (AvgIpc) is 2.68. The SMILES string of the molecule is N#CCCN(C(=O)COC(=O)CCOc1ccccc1)c1ccccc1. The highest BCUT2D eigenvalue weighted by Crippen LogP contribution is 2.14. The van der Waals surface area contributed by atoms with E-state index in [4.69, 9.17) is 14.7 Å². The van der Waals surface area contributed by atoms with E-state index in [9.17, 15) is 9.59 Å². The van der Waals surface area contributed by atoms with E-state index in [1.807, 2.05) is 30.3 Å². The molecule has 134 valence electrons. The van der Waals surface area contributed by atoms with E-state index in [1.54, 1.807) is 36.4 Å². The Morgan fingerprint density at radius 2 is 1.65 bits per heavy atom. The minimum absolute atomic E-state index is 0.0473. The molecule has 6 nitrogen and oxygen atoms in total. The second-order valence-electron chi connectivity index (χ2n) is 5.36. The number of ether oxygens (including phenoxy) is 2. The maximum absolute atomic E-state index is 12.4. The van der Waals surface area contributed by atoms with E-state index >= 15 is 0 Å². The minimum atomic E-state index is -0.512. The van der Waals surface area contributed by atoms with Gasteiger partial charge >= 0.3 is 5.97 Å². The summed E-state index contributed by atoms with van der Waals surface area (Å²) in [4.78, 5) is 25.6. The number of rotatable bonds is 9. The first-order valence-electron chi connectivity index (χ1n) is 8.26. The summed E-state index contributed by atoms with van der Waals surface area (Å²) in [7, 11) is 0. The Hall–Kier alpha value is -3.33. The highest BCUT2D eigenvalue weighted by Gasteiger charge is 2.17. The fourth-order valence-electron chi connectivity index (χ4n) is 2.23. The van der Waals surface area contributed by atoms with Gasteiger partial charge in [0.05, 0.1) is 25.5 Å². The van der Waals surface area contributed by atoms with Gasteiger partial charge in [-0.05, 0) is 24.3 Å². The van der Waals surface area contributed by atoms with Crippen LogP contribution in [-0.4, -0.2) is 31.6 Å². The summed E-state index contributed by atoms with van der Waals surface area (Å²) in [5, 5.41) is 8.77. The fourth-order valence-corrected chi connectivity index (χ4v) is 2.23. The number of nitrogens with zero attached hydrogens (tertiary/aromatic N) is 2. The molecule has 0 N–H and O–H groups in total. The lowest BCUT2D eigenvalue weighted by Crippen LogP contribution is -2.35. The third-order valence-electron chi connectivity index (χ3n) is 3.49. The van der Waals surface area contributed by atoms with Crippen molar-refractivity contribution in [3.05, 3.63) is 60.7 Å². The maximum atomic E-state index is 12.4. The highest BCUT2D eigenvalue weighted by atomic mass is 16.5. The molecule has 0 spiro atoms. The number of nitriles is 1. The van der Waals surface area contributed by atoms with E-state index < -0.39 is 5.97 Å². The van der Waals surface area contributed by atoms with Gasteiger partial charge in [0.2, 0.25) is 0 Å². The summed E-state index contributed by atoms with van der Waals surface area (Å²) in [5.41, 5.74) is 0.663. The molecule has 0 aliphatic carbocycles. The van der Waals surface area contributed by atoms with Crippen molar-refractivity contribution < 1.29 is 19.1 Å². The molecule has 0 aliphatic heterocycles. The van der Waals surface area contributed by atoms with Gasteiger partial charge in [-0.25, -0.2) is 0 Å². The Bertz CT molecular complexity index is 741. The summed E-state index contributed by atoms with van der Waals surface area (Å²) in [6, 6.07) is 20.1. The van der Waals surface area contributed by atoms with Crippen molar-refractivity contribution in [1.29, 1.82) is 5.26 Å². The highest BCUT2D eigenvalue weighted by molar-refractivity contribution is 5.95. The zero-order valence-corrected chi connectivity index (χ0v) is 14.3. The van der Waals surface area contributed by atoms with Crippen molar-refractivity contribution in [3.8, 4) is 11.8 Å². The standard InChI is InChI=1S/C20H20N2O4/c21-13-7-14-22(17-8-3-1-4-9-17)19(23)16-26-20(24)12-15-25-18-10-5-2-6-11-18/h1-6,8-11H,7,12,14-16H2. The first kappa shape index (κ1) is 19.0. The van der Waals surface area contributed by atoms with Crippen LogP contribution in [0.1, 0.15) is 12.8 Å². The summed E-state index contributed by atoms with van der Waals surface area (Å²) >= 11 is 0. The first-order valence-corrected chi connectivity index (χ1v) is 8.26. The van der Waals surface area contributed by atoms with Crippen molar-refractivity contribution in [2.24, 2.45) is 0 Å². The molecule has 0 saturated heterocycles. The van der Waals surface area contributed by atoms with Gasteiger partial charge in [0.25, 0.3) is 5.91 Å². The molecule has 2 aromatic rings. The molecule has 0 radical (unpaired) electrons. The lowest BCUT2D eigenvalue weighted by molar-refractivity contribution is -0.148. The summed E-state index contributed by atoms with van der Waals surface area (Å²) in [6.07, 6.45) is 0.241. The second kappa shape index (κ2) is 10.5. The Labute approximate surface area is 152 Å².